The zero-order valence-corrected chi connectivity index (χ0v) is 14.8. The normalized spacial score (nSPS) is 11.8. The number of benzene rings is 1. The Bertz CT molecular complexity index is 684. The number of amides is 1. The lowest BCUT2D eigenvalue weighted by Crippen LogP contribution is -2.23. The van der Waals surface area contributed by atoms with Crippen LogP contribution in [0.1, 0.15) is 30.6 Å². The summed E-state index contributed by atoms with van der Waals surface area (Å²) in [4.78, 5) is 27.7. The van der Waals surface area contributed by atoms with Gasteiger partial charge in [0.15, 0.2) is 5.92 Å². The van der Waals surface area contributed by atoms with Gasteiger partial charge in [0.1, 0.15) is 0 Å². The van der Waals surface area contributed by atoms with Gasteiger partial charge in [0.25, 0.3) is 5.91 Å². The highest BCUT2D eigenvalue weighted by Gasteiger charge is 2.19. The molecule has 8 heteroatoms. The molecular weight excluding hydrogens is 353 g/mol. The van der Waals surface area contributed by atoms with E-state index in [1.54, 1.807) is 13.0 Å². The van der Waals surface area contributed by atoms with E-state index in [-0.39, 0.29) is 27.9 Å². The quantitative estimate of drug-likeness (QED) is 0.587. The second kappa shape index (κ2) is 9.91. The Labute approximate surface area is 150 Å². The number of hydrogen-bond acceptors (Lipinski definition) is 5. The monoisotopic (exact) mass is 369 g/mol. The summed E-state index contributed by atoms with van der Waals surface area (Å²) >= 11 is 12.2. The summed E-state index contributed by atoms with van der Waals surface area (Å²) < 4.78 is 4.90. The molecule has 1 unspecified atom stereocenters. The van der Waals surface area contributed by atoms with Gasteiger partial charge in [0, 0.05) is 12.8 Å². The predicted molar refractivity (Wildman–Crippen MR) is 93.0 cm³/mol. The Morgan fingerprint density at radius 2 is 2.12 bits per heavy atom. The minimum atomic E-state index is -1.16. The summed E-state index contributed by atoms with van der Waals surface area (Å²) in [5.74, 6) is -2.27. The van der Waals surface area contributed by atoms with Crippen LogP contribution in [0.4, 0.5) is 5.69 Å². The van der Waals surface area contributed by atoms with Crippen LogP contribution >= 0.6 is 23.2 Å². The van der Waals surface area contributed by atoms with Crippen molar-refractivity contribution in [2.24, 2.45) is 10.9 Å². The van der Waals surface area contributed by atoms with Gasteiger partial charge in [-0.15, -0.1) is 0 Å². The van der Waals surface area contributed by atoms with E-state index in [0.29, 0.717) is 13.0 Å². The van der Waals surface area contributed by atoms with E-state index in [4.69, 9.17) is 33.2 Å². The molecule has 0 aromatic heterocycles. The van der Waals surface area contributed by atoms with Crippen molar-refractivity contribution < 1.29 is 14.3 Å². The summed E-state index contributed by atoms with van der Waals surface area (Å²) in [7, 11) is 0. The summed E-state index contributed by atoms with van der Waals surface area (Å²) in [6, 6.07) is 4.77. The number of nitrogens with one attached hydrogen (secondary N) is 1. The number of nitrogens with zero attached hydrogens (tertiary/aromatic N) is 2. The van der Waals surface area contributed by atoms with Crippen LogP contribution in [-0.2, 0) is 9.53 Å². The Balaban J connectivity index is 3.06. The molecule has 6 nitrogen and oxygen atoms in total. The van der Waals surface area contributed by atoms with Gasteiger partial charge in [0.2, 0.25) is 0 Å². The first kappa shape index (κ1) is 19.9. The molecule has 0 saturated carbocycles. The molecule has 0 spiro atoms. The lowest BCUT2D eigenvalue weighted by atomic mass is 10.1. The van der Waals surface area contributed by atoms with E-state index in [0.717, 1.165) is 6.21 Å². The van der Waals surface area contributed by atoms with Crippen LogP contribution in [0.3, 0.4) is 0 Å². The highest BCUT2D eigenvalue weighted by molar-refractivity contribution is 6.41. The first-order valence-corrected chi connectivity index (χ1v) is 8.08. The zero-order valence-electron chi connectivity index (χ0n) is 13.3. The molecule has 0 aliphatic heterocycles. The van der Waals surface area contributed by atoms with Gasteiger partial charge < -0.3 is 10.1 Å². The molecule has 24 heavy (non-hydrogen) atoms. The van der Waals surface area contributed by atoms with Crippen LogP contribution in [-0.4, -0.2) is 31.2 Å². The number of esters is 1. The number of hydrogen-bond donors (Lipinski definition) is 1. The molecule has 1 rings (SSSR count). The van der Waals surface area contributed by atoms with Gasteiger partial charge in [0.05, 0.1) is 34.0 Å². The van der Waals surface area contributed by atoms with Crippen molar-refractivity contribution in [2.45, 2.75) is 20.3 Å². The standard InChI is InChI=1S/C16H17Cl2N3O3/c1-3-7-24-16(23)10(8-19)9-21-12-6-5-11(17)13(14(12)18)15(22)20-4-2/h5-6,9-10H,3-4,7H2,1-2H3,(H,20,22). The van der Waals surface area contributed by atoms with Crippen molar-refractivity contribution >= 4 is 47.0 Å². The highest BCUT2D eigenvalue weighted by Crippen LogP contribution is 2.33. The molecule has 0 heterocycles. The third kappa shape index (κ3) is 5.22. The van der Waals surface area contributed by atoms with E-state index in [1.165, 1.54) is 12.1 Å². The minimum Gasteiger partial charge on any atom is -0.464 e. The fourth-order valence-corrected chi connectivity index (χ4v) is 2.28. The van der Waals surface area contributed by atoms with Crippen LogP contribution in [0.5, 0.6) is 0 Å². The highest BCUT2D eigenvalue weighted by atomic mass is 35.5. The van der Waals surface area contributed by atoms with E-state index in [9.17, 15) is 9.59 Å². The van der Waals surface area contributed by atoms with Crippen LogP contribution in [0.25, 0.3) is 0 Å². The lowest BCUT2D eigenvalue weighted by Gasteiger charge is -2.09. The smallest absolute Gasteiger partial charge is 0.328 e. The maximum atomic E-state index is 12.0. The van der Waals surface area contributed by atoms with E-state index < -0.39 is 17.8 Å². The van der Waals surface area contributed by atoms with Gasteiger partial charge in [-0.3, -0.25) is 14.6 Å². The molecule has 0 radical (unpaired) electrons. The van der Waals surface area contributed by atoms with Crippen molar-refractivity contribution in [3.8, 4) is 6.07 Å². The number of halogens is 2. The van der Waals surface area contributed by atoms with Gasteiger partial charge in [-0.1, -0.05) is 30.1 Å². The molecule has 0 aliphatic carbocycles. The Morgan fingerprint density at radius 3 is 2.71 bits per heavy atom. The van der Waals surface area contributed by atoms with E-state index >= 15 is 0 Å². The van der Waals surface area contributed by atoms with Gasteiger partial charge in [-0.2, -0.15) is 5.26 Å². The number of carbonyl (C=O) groups is 2. The van der Waals surface area contributed by atoms with Crippen molar-refractivity contribution in [3.05, 3.63) is 27.7 Å². The van der Waals surface area contributed by atoms with Crippen LogP contribution in [0.2, 0.25) is 10.0 Å². The topological polar surface area (TPSA) is 91.6 Å². The third-order valence-corrected chi connectivity index (χ3v) is 3.54. The fourth-order valence-electron chi connectivity index (χ4n) is 1.69. The van der Waals surface area contributed by atoms with Gasteiger partial charge >= 0.3 is 5.97 Å². The van der Waals surface area contributed by atoms with Crippen molar-refractivity contribution in [2.75, 3.05) is 13.2 Å². The summed E-state index contributed by atoms with van der Waals surface area (Å²) in [6.45, 7) is 4.26. The molecule has 1 atom stereocenters. The first-order chi connectivity index (χ1) is 11.5. The maximum Gasteiger partial charge on any atom is 0.328 e. The zero-order chi connectivity index (χ0) is 18.1. The Morgan fingerprint density at radius 1 is 1.42 bits per heavy atom. The van der Waals surface area contributed by atoms with Crippen LogP contribution in [0.15, 0.2) is 17.1 Å². The minimum absolute atomic E-state index is 0.0447. The van der Waals surface area contributed by atoms with Gasteiger partial charge in [-0.25, -0.2) is 0 Å². The average molecular weight is 370 g/mol. The van der Waals surface area contributed by atoms with E-state index in [2.05, 4.69) is 10.3 Å². The van der Waals surface area contributed by atoms with Crippen molar-refractivity contribution in [1.29, 1.82) is 5.26 Å². The number of nitriles is 1. The second-order valence-electron chi connectivity index (χ2n) is 4.67. The van der Waals surface area contributed by atoms with Gasteiger partial charge in [-0.05, 0) is 25.5 Å². The largest absolute Gasteiger partial charge is 0.464 e. The second-order valence-corrected chi connectivity index (χ2v) is 5.45. The molecule has 1 aromatic rings. The Kier molecular flexibility index (Phi) is 8.24. The van der Waals surface area contributed by atoms with E-state index in [1.807, 2.05) is 6.92 Å². The number of ether oxygens (including phenoxy) is 1. The molecule has 0 saturated heterocycles. The molecule has 1 amide bonds. The van der Waals surface area contributed by atoms with Crippen molar-refractivity contribution in [3.63, 3.8) is 0 Å². The molecule has 0 bridgehead atoms. The molecule has 0 aliphatic rings. The lowest BCUT2D eigenvalue weighted by molar-refractivity contribution is -0.144. The average Bonchev–Trinajstić information content (AvgIpc) is 2.55. The predicted octanol–water partition coefficient (Wildman–Crippen LogP) is 3.54. The third-order valence-electron chi connectivity index (χ3n) is 2.84. The number of rotatable bonds is 7. The molecule has 1 N–H and O–H groups in total. The summed E-state index contributed by atoms with van der Waals surface area (Å²) in [5, 5.41) is 11.9. The molecular formula is C16H17Cl2N3O3. The van der Waals surface area contributed by atoms with Crippen LogP contribution < -0.4 is 5.32 Å². The van der Waals surface area contributed by atoms with Crippen LogP contribution in [0, 0.1) is 17.2 Å². The Hall–Kier alpha value is -2.10. The molecule has 0 fully saturated rings. The summed E-state index contributed by atoms with van der Waals surface area (Å²) in [6.07, 6.45) is 1.79. The number of carbonyl (C=O) groups excluding carboxylic acids is 2. The fraction of sp³-hybridized carbons (Fsp3) is 0.375. The molecule has 128 valence electrons. The van der Waals surface area contributed by atoms with Crippen molar-refractivity contribution in [1.82, 2.24) is 5.32 Å². The maximum absolute atomic E-state index is 12.0. The number of aliphatic imine (C=N–C) groups is 1. The SMILES string of the molecule is CCCOC(=O)C(C#N)C=Nc1ccc(Cl)c(C(=O)NCC)c1Cl. The first-order valence-electron chi connectivity index (χ1n) is 7.32. The summed E-state index contributed by atoms with van der Waals surface area (Å²) in [5.41, 5.74) is 0.322. The molecule has 1 aromatic carbocycles.